The molecule has 2 heterocycles. The highest BCUT2D eigenvalue weighted by Gasteiger charge is 2.28. The molecule has 136 valence electrons. The van der Waals surface area contributed by atoms with E-state index < -0.39 is 6.03 Å². The number of hydrogen-bond acceptors (Lipinski definition) is 4. The molecule has 0 radical (unpaired) electrons. The first-order valence-electron chi connectivity index (χ1n) is 8.52. The number of nitrogens with zero attached hydrogens (tertiary/aromatic N) is 2. The van der Waals surface area contributed by atoms with E-state index >= 15 is 0 Å². The van der Waals surface area contributed by atoms with Gasteiger partial charge in [-0.3, -0.25) is 4.79 Å². The maximum atomic E-state index is 12.7. The van der Waals surface area contributed by atoms with Crippen LogP contribution in [0.1, 0.15) is 12.8 Å². The quantitative estimate of drug-likeness (QED) is 0.855. The number of primary amides is 1. The summed E-state index contributed by atoms with van der Waals surface area (Å²) in [5.74, 6) is -0.375. The molecule has 1 atom stereocenters. The minimum Gasteiger partial charge on any atom is -0.378 e. The van der Waals surface area contributed by atoms with Crippen LogP contribution in [-0.4, -0.2) is 56.2 Å². The molecular formula is C17H23ClN4O3. The Kier molecular flexibility index (Phi) is 5.65. The number of ether oxygens (including phenoxy) is 1. The molecule has 2 saturated heterocycles. The van der Waals surface area contributed by atoms with Crippen LogP contribution in [-0.2, 0) is 9.53 Å². The molecule has 25 heavy (non-hydrogen) atoms. The van der Waals surface area contributed by atoms with E-state index in [-0.39, 0.29) is 11.8 Å². The highest BCUT2D eigenvalue weighted by Crippen LogP contribution is 2.35. The highest BCUT2D eigenvalue weighted by atomic mass is 35.5. The topological polar surface area (TPSA) is 87.9 Å². The smallest absolute Gasteiger partial charge is 0.314 e. The van der Waals surface area contributed by atoms with Gasteiger partial charge in [0.15, 0.2) is 0 Å². The third-order valence-corrected chi connectivity index (χ3v) is 4.98. The number of nitrogens with one attached hydrogen (secondary N) is 1. The van der Waals surface area contributed by atoms with Crippen LogP contribution in [0, 0.1) is 5.92 Å². The highest BCUT2D eigenvalue weighted by molar-refractivity contribution is 6.34. The first kappa shape index (κ1) is 17.8. The number of hydrogen-bond donors (Lipinski definition) is 2. The summed E-state index contributed by atoms with van der Waals surface area (Å²) in [6, 6.07) is 5.01. The van der Waals surface area contributed by atoms with Crippen LogP contribution in [0.25, 0.3) is 0 Å². The molecule has 0 aliphatic carbocycles. The van der Waals surface area contributed by atoms with Gasteiger partial charge in [0, 0.05) is 26.2 Å². The third-order valence-electron chi connectivity index (χ3n) is 4.68. The Labute approximate surface area is 152 Å². The first-order valence-corrected chi connectivity index (χ1v) is 8.90. The van der Waals surface area contributed by atoms with Crippen molar-refractivity contribution >= 4 is 34.9 Å². The molecule has 7 nitrogen and oxygen atoms in total. The number of likely N-dealkylation sites (tertiary alicyclic amines) is 1. The van der Waals surface area contributed by atoms with E-state index in [4.69, 9.17) is 22.1 Å². The molecule has 2 aliphatic rings. The second-order valence-corrected chi connectivity index (χ2v) is 6.76. The van der Waals surface area contributed by atoms with Crippen molar-refractivity contribution in [2.75, 3.05) is 49.6 Å². The molecule has 1 aromatic carbocycles. The number of benzene rings is 1. The zero-order valence-electron chi connectivity index (χ0n) is 14.0. The Balaban J connectivity index is 1.75. The lowest BCUT2D eigenvalue weighted by Crippen LogP contribution is -2.46. The summed E-state index contributed by atoms with van der Waals surface area (Å²) in [7, 11) is 0. The summed E-state index contributed by atoms with van der Waals surface area (Å²) in [6.45, 7) is 3.69. The average Bonchev–Trinajstić information content (AvgIpc) is 2.62. The van der Waals surface area contributed by atoms with Gasteiger partial charge in [-0.25, -0.2) is 4.79 Å². The number of amides is 3. The molecule has 0 spiro atoms. The number of carbonyl (C=O) groups is 2. The van der Waals surface area contributed by atoms with Crippen molar-refractivity contribution < 1.29 is 14.3 Å². The lowest BCUT2D eigenvalue weighted by atomic mass is 9.97. The van der Waals surface area contributed by atoms with E-state index in [1.807, 2.05) is 18.2 Å². The van der Waals surface area contributed by atoms with E-state index in [2.05, 4.69) is 10.2 Å². The second kappa shape index (κ2) is 7.93. The summed E-state index contributed by atoms with van der Waals surface area (Å²) < 4.78 is 5.39. The van der Waals surface area contributed by atoms with Gasteiger partial charge in [-0.2, -0.15) is 0 Å². The van der Waals surface area contributed by atoms with Crippen molar-refractivity contribution in [3.05, 3.63) is 23.2 Å². The van der Waals surface area contributed by atoms with Crippen LogP contribution in [0.2, 0.25) is 5.02 Å². The standard InChI is InChI=1S/C17H23ClN4O3/c18-13-4-1-5-14(15(13)21-7-9-25-10-8-21)20-16(23)12-3-2-6-22(11-12)17(19)24/h1,4-5,12H,2-3,6-11H2,(H2,19,24)(H,20,23). The minimum atomic E-state index is -0.478. The van der Waals surface area contributed by atoms with Gasteiger partial charge >= 0.3 is 6.03 Å². The summed E-state index contributed by atoms with van der Waals surface area (Å²) >= 11 is 6.39. The van der Waals surface area contributed by atoms with Gasteiger partial charge in [0.2, 0.25) is 5.91 Å². The molecule has 2 aliphatic heterocycles. The normalized spacial score (nSPS) is 21.1. The Morgan fingerprint density at radius 1 is 1.24 bits per heavy atom. The van der Waals surface area contributed by atoms with Gasteiger partial charge < -0.3 is 25.6 Å². The van der Waals surface area contributed by atoms with Gasteiger partial charge in [-0.15, -0.1) is 0 Å². The van der Waals surface area contributed by atoms with Crippen molar-refractivity contribution in [3.63, 3.8) is 0 Å². The fourth-order valence-corrected chi connectivity index (χ4v) is 3.64. The number of para-hydroxylation sites is 1. The van der Waals surface area contributed by atoms with E-state index in [1.54, 1.807) is 0 Å². The first-order chi connectivity index (χ1) is 12.1. The summed E-state index contributed by atoms with van der Waals surface area (Å²) in [5.41, 5.74) is 6.86. The maximum Gasteiger partial charge on any atom is 0.314 e. The second-order valence-electron chi connectivity index (χ2n) is 6.35. The van der Waals surface area contributed by atoms with Crippen molar-refractivity contribution in [2.45, 2.75) is 12.8 Å². The minimum absolute atomic E-state index is 0.109. The van der Waals surface area contributed by atoms with Crippen molar-refractivity contribution in [2.24, 2.45) is 11.7 Å². The molecule has 3 rings (SSSR count). The number of morpholine rings is 1. The van der Waals surface area contributed by atoms with Gasteiger partial charge in [0.25, 0.3) is 0 Å². The predicted molar refractivity (Wildman–Crippen MR) is 97.0 cm³/mol. The fraction of sp³-hybridized carbons (Fsp3) is 0.529. The molecule has 0 bridgehead atoms. The van der Waals surface area contributed by atoms with E-state index in [1.165, 1.54) is 4.90 Å². The van der Waals surface area contributed by atoms with E-state index in [0.717, 1.165) is 31.6 Å². The Bertz CT molecular complexity index is 649. The SMILES string of the molecule is NC(=O)N1CCCC(C(=O)Nc2cccc(Cl)c2N2CCOCC2)C1. The van der Waals surface area contributed by atoms with Crippen molar-refractivity contribution in [1.82, 2.24) is 4.90 Å². The van der Waals surface area contributed by atoms with E-state index in [9.17, 15) is 9.59 Å². The van der Waals surface area contributed by atoms with Crippen LogP contribution < -0.4 is 16.0 Å². The Morgan fingerprint density at radius 2 is 2.00 bits per heavy atom. The van der Waals surface area contributed by atoms with Crippen LogP contribution in [0.5, 0.6) is 0 Å². The predicted octanol–water partition coefficient (Wildman–Crippen LogP) is 1.91. The molecule has 3 N–H and O–H groups in total. The maximum absolute atomic E-state index is 12.7. The summed E-state index contributed by atoms with van der Waals surface area (Å²) in [5, 5.41) is 3.59. The number of piperidine rings is 1. The molecule has 3 amide bonds. The van der Waals surface area contributed by atoms with Crippen LogP contribution in [0.3, 0.4) is 0 Å². The summed E-state index contributed by atoms with van der Waals surface area (Å²) in [6.07, 6.45) is 1.51. The zero-order chi connectivity index (χ0) is 17.8. The molecular weight excluding hydrogens is 344 g/mol. The molecule has 8 heteroatoms. The molecule has 1 aromatic rings. The zero-order valence-corrected chi connectivity index (χ0v) is 14.8. The van der Waals surface area contributed by atoms with Crippen LogP contribution in [0.4, 0.5) is 16.2 Å². The number of rotatable bonds is 3. The van der Waals surface area contributed by atoms with E-state index in [0.29, 0.717) is 37.0 Å². The average molecular weight is 367 g/mol. The third kappa shape index (κ3) is 4.16. The number of nitrogens with two attached hydrogens (primary N) is 1. The number of halogens is 1. The molecule has 0 saturated carbocycles. The molecule has 0 aromatic heterocycles. The van der Waals surface area contributed by atoms with Crippen molar-refractivity contribution in [1.29, 1.82) is 0 Å². The van der Waals surface area contributed by atoms with Gasteiger partial charge in [-0.05, 0) is 25.0 Å². The van der Waals surface area contributed by atoms with Crippen LogP contribution in [0.15, 0.2) is 18.2 Å². The molecule has 2 fully saturated rings. The Hall–Kier alpha value is -1.99. The van der Waals surface area contributed by atoms with Gasteiger partial charge in [0.1, 0.15) is 0 Å². The number of urea groups is 1. The van der Waals surface area contributed by atoms with Crippen LogP contribution >= 0.6 is 11.6 Å². The fourth-order valence-electron chi connectivity index (χ4n) is 3.35. The largest absolute Gasteiger partial charge is 0.378 e. The number of anilines is 2. The molecule has 1 unspecified atom stereocenters. The monoisotopic (exact) mass is 366 g/mol. The lowest BCUT2D eigenvalue weighted by Gasteiger charge is -2.33. The lowest BCUT2D eigenvalue weighted by molar-refractivity contribution is -0.121. The summed E-state index contributed by atoms with van der Waals surface area (Å²) in [4.78, 5) is 27.7. The van der Waals surface area contributed by atoms with Gasteiger partial charge in [0.05, 0.1) is 35.5 Å². The van der Waals surface area contributed by atoms with Crippen molar-refractivity contribution in [3.8, 4) is 0 Å². The number of carbonyl (C=O) groups excluding carboxylic acids is 2. The van der Waals surface area contributed by atoms with Gasteiger partial charge in [-0.1, -0.05) is 17.7 Å². The Morgan fingerprint density at radius 3 is 2.72 bits per heavy atom.